The number of aromatic nitrogens is 1. The van der Waals surface area contributed by atoms with Gasteiger partial charge in [-0.25, -0.2) is 4.98 Å². The smallest absolute Gasteiger partial charge is 0.196 e. The number of fused-ring (bicyclic) bond motifs is 1. The Hall–Kier alpha value is -2.55. The molecular formula is C18H23N5O3. The maximum Gasteiger partial charge on any atom is 0.196 e. The van der Waals surface area contributed by atoms with Gasteiger partial charge in [0.15, 0.2) is 11.5 Å². The number of piperidine rings is 1. The van der Waals surface area contributed by atoms with Gasteiger partial charge < -0.3 is 31.1 Å². The second-order valence-corrected chi connectivity index (χ2v) is 7.14. The number of hydrogen-bond donors (Lipinski definition) is 4. The highest BCUT2D eigenvalue weighted by Gasteiger charge is 2.28. The maximum atomic E-state index is 9.88. The van der Waals surface area contributed by atoms with E-state index < -0.39 is 0 Å². The Morgan fingerprint density at radius 3 is 2.69 bits per heavy atom. The van der Waals surface area contributed by atoms with E-state index in [4.69, 9.17) is 21.1 Å². The first-order valence-electron chi connectivity index (χ1n) is 8.64. The molecule has 0 bridgehead atoms. The van der Waals surface area contributed by atoms with Crippen LogP contribution in [0.1, 0.15) is 25.5 Å². The Morgan fingerprint density at radius 2 is 1.96 bits per heavy atom. The van der Waals surface area contributed by atoms with Gasteiger partial charge in [0.05, 0.1) is 29.4 Å². The molecule has 138 valence electrons. The molecule has 0 saturated carbocycles. The molecule has 2 aromatic rings. The minimum atomic E-state index is -0.185. The van der Waals surface area contributed by atoms with E-state index in [2.05, 4.69) is 22.5 Å². The first-order chi connectivity index (χ1) is 12.5. The molecular weight excluding hydrogens is 334 g/mol. The van der Waals surface area contributed by atoms with E-state index in [1.54, 1.807) is 6.07 Å². The third-order valence-electron chi connectivity index (χ3n) is 5.01. The summed E-state index contributed by atoms with van der Waals surface area (Å²) in [6.07, 6.45) is 1.74. The van der Waals surface area contributed by atoms with Gasteiger partial charge >= 0.3 is 0 Å². The minimum absolute atomic E-state index is 0.154. The zero-order chi connectivity index (χ0) is 18.3. The van der Waals surface area contributed by atoms with Crippen molar-refractivity contribution in [3.8, 4) is 22.8 Å². The van der Waals surface area contributed by atoms with Crippen LogP contribution in [-0.2, 0) is 6.61 Å². The average molecular weight is 357 g/mol. The summed E-state index contributed by atoms with van der Waals surface area (Å²) in [5.41, 5.74) is 18.2. The van der Waals surface area contributed by atoms with Gasteiger partial charge in [0.2, 0.25) is 0 Å². The lowest BCUT2D eigenvalue weighted by atomic mass is 9.90. The molecule has 0 radical (unpaired) electrons. The third kappa shape index (κ3) is 3.03. The lowest BCUT2D eigenvalue weighted by molar-refractivity contribution is 0.0260. The van der Waals surface area contributed by atoms with E-state index >= 15 is 0 Å². The monoisotopic (exact) mass is 357 g/mol. The number of rotatable bonds is 3. The highest BCUT2D eigenvalue weighted by molar-refractivity contribution is 5.77. The molecule has 0 spiro atoms. The summed E-state index contributed by atoms with van der Waals surface area (Å²) in [5, 5.41) is 9.88. The van der Waals surface area contributed by atoms with Crippen LogP contribution < -0.4 is 31.7 Å². The predicted octanol–water partition coefficient (Wildman–Crippen LogP) is 1.33. The lowest BCUT2D eigenvalue weighted by Gasteiger charge is -2.39. The number of nitrogens with zero attached hydrogens (tertiary/aromatic N) is 2. The summed E-state index contributed by atoms with van der Waals surface area (Å²) < 4.78 is 0. The zero-order valence-electron chi connectivity index (χ0n) is 14.7. The van der Waals surface area contributed by atoms with Crippen LogP contribution in [0.2, 0.25) is 0 Å². The summed E-state index contributed by atoms with van der Waals surface area (Å²) in [6, 6.07) is 7.31. The molecule has 6 N–H and O–H groups in total. The van der Waals surface area contributed by atoms with Gasteiger partial charge in [-0.1, -0.05) is 0 Å². The molecule has 0 aliphatic carbocycles. The van der Waals surface area contributed by atoms with Gasteiger partial charge in [-0.05, 0) is 44.0 Å². The van der Waals surface area contributed by atoms with Crippen molar-refractivity contribution in [1.29, 1.82) is 0 Å². The van der Waals surface area contributed by atoms with E-state index in [9.17, 15) is 5.11 Å². The van der Waals surface area contributed by atoms with Crippen molar-refractivity contribution in [2.24, 2.45) is 5.73 Å². The van der Waals surface area contributed by atoms with Crippen LogP contribution in [0.3, 0.4) is 0 Å². The van der Waals surface area contributed by atoms with Crippen molar-refractivity contribution in [3.05, 3.63) is 30.0 Å². The summed E-state index contributed by atoms with van der Waals surface area (Å²) in [5.74, 6) is 1.19. The SMILES string of the molecule is CC1(N)CCN(c2c(N)cc(-c3ccc4c(c3)ONO4)nc2CO)CC1. The third-order valence-corrected chi connectivity index (χ3v) is 5.01. The highest BCUT2D eigenvalue weighted by Crippen LogP contribution is 2.37. The van der Waals surface area contributed by atoms with Crippen LogP contribution in [0, 0.1) is 0 Å². The fourth-order valence-corrected chi connectivity index (χ4v) is 3.42. The van der Waals surface area contributed by atoms with Crippen molar-refractivity contribution in [3.63, 3.8) is 0 Å². The molecule has 4 rings (SSSR count). The molecule has 1 aromatic carbocycles. The van der Waals surface area contributed by atoms with Crippen LogP contribution in [0.15, 0.2) is 24.3 Å². The molecule has 0 unspecified atom stereocenters. The largest absolute Gasteiger partial charge is 0.397 e. The van der Waals surface area contributed by atoms with Crippen molar-refractivity contribution < 1.29 is 14.8 Å². The second kappa shape index (κ2) is 6.31. The van der Waals surface area contributed by atoms with E-state index in [1.165, 1.54) is 0 Å². The molecule has 1 saturated heterocycles. The van der Waals surface area contributed by atoms with E-state index in [0.717, 1.165) is 37.2 Å². The number of pyridine rings is 1. The summed E-state index contributed by atoms with van der Waals surface area (Å²) in [7, 11) is 0. The quantitative estimate of drug-likeness (QED) is 0.650. The number of nitrogen functional groups attached to an aromatic ring is 1. The summed E-state index contributed by atoms with van der Waals surface area (Å²) >= 11 is 0. The van der Waals surface area contributed by atoms with Gasteiger partial charge in [0, 0.05) is 29.8 Å². The van der Waals surface area contributed by atoms with Crippen LogP contribution in [0.25, 0.3) is 11.3 Å². The van der Waals surface area contributed by atoms with Crippen molar-refractivity contribution >= 4 is 11.4 Å². The van der Waals surface area contributed by atoms with Gasteiger partial charge in [-0.2, -0.15) is 0 Å². The molecule has 8 heteroatoms. The Kier molecular flexibility index (Phi) is 4.10. The lowest BCUT2D eigenvalue weighted by Crippen LogP contribution is -2.48. The Balaban J connectivity index is 1.68. The van der Waals surface area contributed by atoms with Crippen LogP contribution in [-0.4, -0.2) is 28.7 Å². The van der Waals surface area contributed by atoms with Crippen molar-refractivity contribution in [1.82, 2.24) is 10.6 Å². The molecule has 2 aliphatic heterocycles. The number of aliphatic hydroxyl groups excluding tert-OH is 1. The second-order valence-electron chi connectivity index (χ2n) is 7.14. The minimum Gasteiger partial charge on any atom is -0.397 e. The van der Waals surface area contributed by atoms with E-state index in [1.807, 2.05) is 18.2 Å². The van der Waals surface area contributed by atoms with Crippen molar-refractivity contribution in [2.75, 3.05) is 23.7 Å². The Bertz CT molecular complexity index is 830. The Morgan fingerprint density at radius 1 is 1.23 bits per heavy atom. The van der Waals surface area contributed by atoms with E-state index in [0.29, 0.717) is 28.6 Å². The molecule has 0 atom stereocenters. The average Bonchev–Trinajstić information content (AvgIpc) is 3.09. The molecule has 1 fully saturated rings. The van der Waals surface area contributed by atoms with E-state index in [-0.39, 0.29) is 12.1 Å². The predicted molar refractivity (Wildman–Crippen MR) is 98.4 cm³/mol. The normalized spacial score (nSPS) is 18.2. The maximum absolute atomic E-state index is 9.88. The number of nitrogens with one attached hydrogen (secondary N) is 1. The zero-order valence-corrected chi connectivity index (χ0v) is 14.7. The topological polar surface area (TPSA) is 119 Å². The van der Waals surface area contributed by atoms with Gasteiger partial charge in [-0.15, -0.1) is 0 Å². The molecule has 3 heterocycles. The number of hydrogen-bond acceptors (Lipinski definition) is 8. The van der Waals surface area contributed by atoms with Gasteiger partial charge in [0.1, 0.15) is 0 Å². The number of benzene rings is 1. The van der Waals surface area contributed by atoms with Crippen LogP contribution in [0.4, 0.5) is 11.4 Å². The standard InChI is InChI=1S/C18H23N5O3/c1-18(20)4-6-23(7-5-18)17-12(19)9-13(21-14(17)10-24)11-2-3-15-16(8-11)26-22-25-15/h2-3,8-9,22,24H,4-7,10,20H2,1H3,(H2,19,21). The molecule has 26 heavy (non-hydrogen) atoms. The first-order valence-corrected chi connectivity index (χ1v) is 8.64. The highest BCUT2D eigenvalue weighted by atomic mass is 16.9. The van der Waals surface area contributed by atoms with Crippen molar-refractivity contribution in [2.45, 2.75) is 31.9 Å². The first kappa shape index (κ1) is 16.9. The van der Waals surface area contributed by atoms with Crippen LogP contribution >= 0.6 is 0 Å². The molecule has 8 nitrogen and oxygen atoms in total. The Labute approximate surface area is 151 Å². The fourth-order valence-electron chi connectivity index (χ4n) is 3.42. The molecule has 2 aliphatic rings. The fraction of sp³-hybridized carbons (Fsp3) is 0.389. The summed E-state index contributed by atoms with van der Waals surface area (Å²) in [6.45, 7) is 3.47. The number of nitrogens with two attached hydrogens (primary N) is 2. The molecule has 0 amide bonds. The van der Waals surface area contributed by atoms with Crippen LogP contribution in [0.5, 0.6) is 11.5 Å². The van der Waals surface area contributed by atoms with Gasteiger partial charge in [0.25, 0.3) is 0 Å². The number of anilines is 2. The van der Waals surface area contributed by atoms with Gasteiger partial charge in [-0.3, -0.25) is 0 Å². The molecule has 1 aromatic heterocycles. The summed E-state index contributed by atoms with van der Waals surface area (Å²) in [4.78, 5) is 17.1. The number of aliphatic hydroxyl groups is 1.